The molecule has 0 N–H and O–H groups in total. The van der Waals surface area contributed by atoms with Crippen molar-refractivity contribution in [3.05, 3.63) is 29.6 Å². The molecule has 8 heteroatoms. The minimum atomic E-state index is -4.72. The van der Waals surface area contributed by atoms with Gasteiger partial charge in [0.2, 0.25) is 5.91 Å². The number of carbonyl (C=O) groups excluding carboxylic acids is 2. The van der Waals surface area contributed by atoms with Gasteiger partial charge in [-0.2, -0.15) is 13.2 Å². The number of pyridine rings is 1. The summed E-state index contributed by atoms with van der Waals surface area (Å²) in [7, 11) is 3.08. The smallest absolute Gasteiger partial charge is 0.347 e. The molecule has 0 aromatic heterocycles. The maximum absolute atomic E-state index is 12.9. The van der Waals surface area contributed by atoms with Gasteiger partial charge < -0.3 is 9.47 Å². The van der Waals surface area contributed by atoms with E-state index in [1.165, 1.54) is 27.8 Å². The van der Waals surface area contributed by atoms with Crippen LogP contribution in [0.1, 0.15) is 16.1 Å². The SMILES string of the molecule is CN(C)C(=O)Cn1cccc2c(C=O)c(C(F)(F)F)nc1-2. The summed E-state index contributed by atoms with van der Waals surface area (Å²) in [6, 6.07) is 2.85. The van der Waals surface area contributed by atoms with Crippen LogP contribution in [-0.4, -0.2) is 40.7 Å². The summed E-state index contributed by atoms with van der Waals surface area (Å²) in [5.41, 5.74) is -1.67. The number of halogens is 3. The van der Waals surface area contributed by atoms with Crippen molar-refractivity contribution in [3.8, 4) is 11.4 Å². The molecular weight excluding hydrogens is 287 g/mol. The van der Waals surface area contributed by atoms with Crippen LogP contribution in [0, 0.1) is 0 Å². The van der Waals surface area contributed by atoms with Crippen LogP contribution in [0.3, 0.4) is 0 Å². The Bertz CT molecular complexity index is 661. The second kappa shape index (κ2) is 5.19. The number of fused-ring (bicyclic) bond motifs is 1. The summed E-state index contributed by atoms with van der Waals surface area (Å²) in [6.07, 6.45) is -3.14. The fourth-order valence-corrected chi connectivity index (χ4v) is 1.92. The zero-order chi connectivity index (χ0) is 15.8. The first kappa shape index (κ1) is 15.0. The molecule has 112 valence electrons. The Morgan fingerprint density at radius 3 is 2.62 bits per heavy atom. The van der Waals surface area contributed by atoms with Gasteiger partial charge in [-0.15, -0.1) is 0 Å². The van der Waals surface area contributed by atoms with Crippen LogP contribution in [0.2, 0.25) is 0 Å². The van der Waals surface area contributed by atoms with E-state index in [2.05, 4.69) is 4.98 Å². The van der Waals surface area contributed by atoms with E-state index in [0.717, 1.165) is 0 Å². The molecule has 0 unspecified atom stereocenters. The highest BCUT2D eigenvalue weighted by Crippen LogP contribution is 2.37. The highest BCUT2D eigenvalue weighted by atomic mass is 19.4. The number of aldehydes is 1. The zero-order valence-corrected chi connectivity index (χ0v) is 11.3. The van der Waals surface area contributed by atoms with E-state index in [1.807, 2.05) is 0 Å². The minimum absolute atomic E-state index is 0.0397. The van der Waals surface area contributed by atoms with E-state index in [9.17, 15) is 22.8 Å². The van der Waals surface area contributed by atoms with Gasteiger partial charge in [0.05, 0.1) is 5.56 Å². The molecule has 2 rings (SSSR count). The molecule has 0 atom stereocenters. The van der Waals surface area contributed by atoms with E-state index in [-0.39, 0.29) is 30.1 Å². The van der Waals surface area contributed by atoms with E-state index in [4.69, 9.17) is 0 Å². The average Bonchev–Trinajstić information content (AvgIpc) is 2.78. The summed E-state index contributed by atoms with van der Waals surface area (Å²) in [6.45, 7) is -0.156. The first-order valence-electron chi connectivity index (χ1n) is 5.97. The van der Waals surface area contributed by atoms with Crippen molar-refractivity contribution < 1.29 is 22.8 Å². The third kappa shape index (κ3) is 2.74. The van der Waals surface area contributed by atoms with Gasteiger partial charge in [0.25, 0.3) is 0 Å². The lowest BCUT2D eigenvalue weighted by Gasteiger charge is -2.14. The summed E-state index contributed by atoms with van der Waals surface area (Å²) >= 11 is 0. The van der Waals surface area contributed by atoms with Crippen molar-refractivity contribution in [3.63, 3.8) is 0 Å². The molecule has 0 saturated carbocycles. The lowest BCUT2D eigenvalue weighted by atomic mass is 10.1. The number of nitrogens with zero attached hydrogens (tertiary/aromatic N) is 3. The molecule has 0 aromatic carbocycles. The lowest BCUT2D eigenvalue weighted by molar-refractivity contribution is -0.141. The number of rotatable bonds is 3. The number of carbonyl (C=O) groups is 2. The van der Waals surface area contributed by atoms with Crippen LogP contribution >= 0.6 is 0 Å². The van der Waals surface area contributed by atoms with Gasteiger partial charge in [0.1, 0.15) is 12.4 Å². The summed E-state index contributed by atoms with van der Waals surface area (Å²) in [5.74, 6) is -0.334. The zero-order valence-electron chi connectivity index (χ0n) is 11.3. The second-order valence-corrected chi connectivity index (χ2v) is 4.65. The standard InChI is InChI=1S/C13H12F3N3O2/c1-18(2)10(21)6-19-5-3-4-8-9(7-20)11(13(14,15)16)17-12(8)19/h3-5,7H,6H2,1-2H3. The van der Waals surface area contributed by atoms with Gasteiger partial charge in [-0.1, -0.05) is 0 Å². The van der Waals surface area contributed by atoms with Crippen molar-refractivity contribution >= 4 is 12.2 Å². The van der Waals surface area contributed by atoms with Gasteiger partial charge in [-0.05, 0) is 12.1 Å². The van der Waals surface area contributed by atoms with E-state index < -0.39 is 17.4 Å². The number of amides is 1. The third-order valence-electron chi connectivity index (χ3n) is 3.00. The largest absolute Gasteiger partial charge is 0.434 e. The third-order valence-corrected chi connectivity index (χ3v) is 3.00. The second-order valence-electron chi connectivity index (χ2n) is 4.65. The first-order valence-corrected chi connectivity index (χ1v) is 5.97. The number of likely N-dealkylation sites (N-methyl/N-ethyl adjacent to an activating group) is 1. The lowest BCUT2D eigenvalue weighted by Crippen LogP contribution is -2.26. The predicted molar refractivity (Wildman–Crippen MR) is 67.9 cm³/mol. The summed E-state index contributed by atoms with van der Waals surface area (Å²) in [4.78, 5) is 27.5. The molecule has 0 aliphatic carbocycles. The van der Waals surface area contributed by atoms with Crippen LogP contribution in [0.25, 0.3) is 11.4 Å². The van der Waals surface area contributed by atoms with Crippen molar-refractivity contribution in [1.29, 1.82) is 0 Å². The van der Waals surface area contributed by atoms with Crippen LogP contribution in [0.15, 0.2) is 18.3 Å². The molecule has 21 heavy (non-hydrogen) atoms. The van der Waals surface area contributed by atoms with Crippen molar-refractivity contribution in [2.45, 2.75) is 12.7 Å². The maximum atomic E-state index is 12.9. The highest BCUT2D eigenvalue weighted by molar-refractivity contribution is 5.89. The minimum Gasteiger partial charge on any atom is -0.347 e. The summed E-state index contributed by atoms with van der Waals surface area (Å²) in [5, 5.41) is 0. The first-order chi connectivity index (χ1) is 9.75. The normalized spacial score (nSPS) is 11.7. The Balaban J connectivity index is 2.58. The molecule has 0 fully saturated rings. The molecule has 1 amide bonds. The number of hydrogen-bond acceptors (Lipinski definition) is 3. The maximum Gasteiger partial charge on any atom is 0.434 e. The Hall–Kier alpha value is -2.38. The molecule has 2 heterocycles. The van der Waals surface area contributed by atoms with Gasteiger partial charge in [0.15, 0.2) is 12.0 Å². The van der Waals surface area contributed by atoms with Crippen LogP contribution in [0.5, 0.6) is 0 Å². The van der Waals surface area contributed by atoms with E-state index in [1.54, 1.807) is 14.1 Å². The van der Waals surface area contributed by atoms with E-state index in [0.29, 0.717) is 0 Å². The summed E-state index contributed by atoms with van der Waals surface area (Å²) < 4.78 is 40.0. The molecule has 0 aromatic rings. The van der Waals surface area contributed by atoms with Gasteiger partial charge in [-0.3, -0.25) is 9.59 Å². The highest BCUT2D eigenvalue weighted by Gasteiger charge is 2.39. The Labute approximate surface area is 118 Å². The topological polar surface area (TPSA) is 55.2 Å². The monoisotopic (exact) mass is 299 g/mol. The van der Waals surface area contributed by atoms with Crippen molar-refractivity contribution in [2.75, 3.05) is 14.1 Å². The van der Waals surface area contributed by atoms with Gasteiger partial charge in [-0.25, -0.2) is 4.98 Å². The Morgan fingerprint density at radius 2 is 2.10 bits per heavy atom. The molecule has 0 radical (unpaired) electrons. The van der Waals surface area contributed by atoms with Crippen molar-refractivity contribution in [2.24, 2.45) is 0 Å². The molecule has 0 spiro atoms. The van der Waals surface area contributed by atoms with Gasteiger partial charge >= 0.3 is 6.18 Å². The molecule has 0 bridgehead atoms. The fraction of sp³-hybridized carbons (Fsp3) is 0.308. The molecule has 0 saturated heterocycles. The van der Waals surface area contributed by atoms with Crippen molar-refractivity contribution in [1.82, 2.24) is 14.5 Å². The molecule has 5 nitrogen and oxygen atoms in total. The number of aromatic nitrogens is 2. The Morgan fingerprint density at radius 1 is 1.43 bits per heavy atom. The molecule has 2 aliphatic rings. The number of hydrogen-bond donors (Lipinski definition) is 0. The average molecular weight is 299 g/mol. The van der Waals surface area contributed by atoms with Gasteiger partial charge in [0, 0.05) is 25.9 Å². The number of alkyl halides is 3. The fourth-order valence-electron chi connectivity index (χ4n) is 1.92. The molecule has 2 aliphatic heterocycles. The van der Waals surface area contributed by atoms with Crippen LogP contribution < -0.4 is 0 Å². The van der Waals surface area contributed by atoms with Crippen LogP contribution in [-0.2, 0) is 17.5 Å². The van der Waals surface area contributed by atoms with E-state index >= 15 is 0 Å². The predicted octanol–water partition coefficient (Wildman–Crippen LogP) is 1.91. The Kier molecular flexibility index (Phi) is 3.71. The van der Waals surface area contributed by atoms with Crippen LogP contribution in [0.4, 0.5) is 13.2 Å². The quantitative estimate of drug-likeness (QED) is 0.814. The molecular formula is C13H12F3N3O2.